The van der Waals surface area contributed by atoms with E-state index < -0.39 is 12.0 Å². The summed E-state index contributed by atoms with van der Waals surface area (Å²) in [4.78, 5) is 34.9. The summed E-state index contributed by atoms with van der Waals surface area (Å²) in [6.45, 7) is 2.76. The average Bonchev–Trinajstić information content (AvgIpc) is 3.30. The predicted molar refractivity (Wildman–Crippen MR) is 144 cm³/mol. The number of ether oxygens (including phenoxy) is 3. The summed E-state index contributed by atoms with van der Waals surface area (Å²) < 4.78 is 15.9. The number of carbonyl (C=O) groups excluding carboxylic acids is 2. The first-order valence-electron chi connectivity index (χ1n) is 11.9. The van der Waals surface area contributed by atoms with Gasteiger partial charge in [-0.05, 0) is 35.6 Å². The number of esters is 1. The van der Waals surface area contributed by atoms with Crippen molar-refractivity contribution >= 4 is 28.8 Å². The number of thioether (sulfide) groups is 1. The number of methoxy groups -OCH3 is 2. The van der Waals surface area contributed by atoms with Gasteiger partial charge in [0.25, 0.3) is 0 Å². The van der Waals surface area contributed by atoms with Gasteiger partial charge in [-0.25, -0.2) is 9.79 Å². The summed E-state index contributed by atoms with van der Waals surface area (Å²) in [5.74, 6) is 0.227. The zero-order valence-corrected chi connectivity index (χ0v) is 22.3. The van der Waals surface area contributed by atoms with Gasteiger partial charge in [0, 0.05) is 26.4 Å². The Balaban J connectivity index is 1.62. The minimum Gasteiger partial charge on any atom is -0.497 e. The molecular formula is C28H31N3O5S. The van der Waals surface area contributed by atoms with Crippen molar-refractivity contribution < 1.29 is 23.8 Å². The molecule has 2 aliphatic rings. The quantitative estimate of drug-likeness (QED) is 0.336. The Labute approximate surface area is 221 Å². The van der Waals surface area contributed by atoms with E-state index in [4.69, 9.17) is 19.2 Å². The first kappa shape index (κ1) is 26.5. The zero-order chi connectivity index (χ0) is 26.4. The second-order valence-electron chi connectivity index (χ2n) is 8.71. The van der Waals surface area contributed by atoms with Crippen LogP contribution in [-0.4, -0.2) is 61.3 Å². The number of nitrogens with zero attached hydrogens (tertiary/aromatic N) is 3. The van der Waals surface area contributed by atoms with E-state index in [-0.39, 0.29) is 18.9 Å². The van der Waals surface area contributed by atoms with Crippen LogP contribution >= 0.6 is 11.8 Å². The molecule has 2 heterocycles. The highest BCUT2D eigenvalue weighted by Crippen LogP contribution is 2.45. The molecule has 0 N–H and O–H groups in total. The van der Waals surface area contributed by atoms with Crippen molar-refractivity contribution in [2.75, 3.05) is 34.5 Å². The Bertz CT molecular complexity index is 1220. The number of fused-ring (bicyclic) bond motifs is 1. The van der Waals surface area contributed by atoms with Crippen LogP contribution in [0, 0.1) is 0 Å². The molecular weight excluding hydrogens is 490 g/mol. The molecule has 1 unspecified atom stereocenters. The molecule has 0 bridgehead atoms. The lowest BCUT2D eigenvalue weighted by Crippen LogP contribution is -2.38. The van der Waals surface area contributed by atoms with Crippen LogP contribution in [0.3, 0.4) is 0 Å². The Kier molecular flexibility index (Phi) is 8.68. The molecule has 0 radical (unpaired) electrons. The van der Waals surface area contributed by atoms with Gasteiger partial charge in [0.2, 0.25) is 5.91 Å². The molecule has 37 heavy (non-hydrogen) atoms. The topological polar surface area (TPSA) is 80.7 Å². The Morgan fingerprint density at radius 2 is 1.78 bits per heavy atom. The van der Waals surface area contributed by atoms with E-state index in [1.165, 1.54) is 11.8 Å². The number of benzene rings is 2. The van der Waals surface area contributed by atoms with Gasteiger partial charge < -0.3 is 24.0 Å². The van der Waals surface area contributed by atoms with E-state index in [2.05, 4.69) is 0 Å². The molecule has 0 saturated carbocycles. The molecule has 0 aromatic heterocycles. The molecule has 1 atom stereocenters. The molecule has 2 aromatic rings. The zero-order valence-electron chi connectivity index (χ0n) is 21.5. The van der Waals surface area contributed by atoms with Gasteiger partial charge in [0.1, 0.15) is 12.4 Å². The van der Waals surface area contributed by atoms with Crippen LogP contribution in [0.15, 0.2) is 82.0 Å². The third kappa shape index (κ3) is 6.06. The molecule has 0 spiro atoms. The fraction of sp³-hybridized carbons (Fsp3) is 0.321. The van der Waals surface area contributed by atoms with Crippen LogP contribution in [0.5, 0.6) is 5.75 Å². The maximum absolute atomic E-state index is 13.3. The molecule has 2 aromatic carbocycles. The van der Waals surface area contributed by atoms with Gasteiger partial charge >= 0.3 is 5.97 Å². The third-order valence-corrected chi connectivity index (χ3v) is 7.08. The second kappa shape index (κ2) is 12.1. The van der Waals surface area contributed by atoms with E-state index in [9.17, 15) is 9.59 Å². The van der Waals surface area contributed by atoms with Gasteiger partial charge in [-0.2, -0.15) is 0 Å². The number of aliphatic imine (C=N–C) groups is 1. The summed E-state index contributed by atoms with van der Waals surface area (Å²) in [6.07, 6.45) is 0.174. The number of allylic oxidation sites excluding steroid dienone is 1. The fourth-order valence-corrected chi connectivity index (χ4v) is 5.23. The molecule has 1 amide bonds. The lowest BCUT2D eigenvalue weighted by atomic mass is 9.93. The SMILES string of the molecule is COCCOC(=O)C1=C(C)N=C2SC=C(CC(=O)N(C)Cc3ccccc3)N2C1c1ccc(OC)cc1. The average molecular weight is 522 g/mol. The standard InChI is InChI=1S/C28H31N3O5S/c1-19-25(27(33)36-15-14-34-3)26(21-10-12-23(35-4)13-11-21)31-22(18-37-28(31)29-19)16-24(32)30(2)17-20-8-6-5-7-9-20/h5-13,18,26H,14-17H2,1-4H3. The number of hydrogen-bond acceptors (Lipinski definition) is 8. The van der Waals surface area contributed by atoms with Crippen LogP contribution < -0.4 is 4.74 Å². The van der Waals surface area contributed by atoms with E-state index >= 15 is 0 Å². The van der Waals surface area contributed by atoms with Crippen molar-refractivity contribution in [1.29, 1.82) is 0 Å². The molecule has 0 saturated heterocycles. The number of rotatable bonds is 10. The van der Waals surface area contributed by atoms with E-state index in [1.54, 1.807) is 26.2 Å². The molecule has 2 aliphatic heterocycles. The molecule has 0 aliphatic carbocycles. The van der Waals surface area contributed by atoms with Crippen molar-refractivity contribution in [2.45, 2.75) is 25.9 Å². The minimum atomic E-state index is -0.498. The van der Waals surface area contributed by atoms with Gasteiger partial charge in [0.05, 0.1) is 37.4 Å². The van der Waals surface area contributed by atoms with E-state index in [0.29, 0.717) is 30.2 Å². The smallest absolute Gasteiger partial charge is 0.338 e. The fourth-order valence-electron chi connectivity index (χ4n) is 4.26. The molecule has 194 valence electrons. The second-order valence-corrected chi connectivity index (χ2v) is 9.54. The Morgan fingerprint density at radius 1 is 1.05 bits per heavy atom. The van der Waals surface area contributed by atoms with Crippen LogP contribution in [0.4, 0.5) is 0 Å². The van der Waals surface area contributed by atoms with Gasteiger partial charge in [-0.3, -0.25) is 4.79 Å². The maximum Gasteiger partial charge on any atom is 0.338 e. The summed E-state index contributed by atoms with van der Waals surface area (Å²) in [5, 5.41) is 2.66. The lowest BCUT2D eigenvalue weighted by molar-refractivity contribution is -0.141. The Morgan fingerprint density at radius 3 is 2.46 bits per heavy atom. The number of amidine groups is 1. The summed E-state index contributed by atoms with van der Waals surface area (Å²) in [6, 6.07) is 16.9. The van der Waals surface area contributed by atoms with Crippen molar-refractivity contribution in [2.24, 2.45) is 4.99 Å². The highest BCUT2D eigenvalue weighted by atomic mass is 32.2. The minimum absolute atomic E-state index is 0.0269. The van der Waals surface area contributed by atoms with Gasteiger partial charge in [-0.15, -0.1) is 0 Å². The molecule has 8 nitrogen and oxygen atoms in total. The van der Waals surface area contributed by atoms with Crippen LogP contribution in [0.25, 0.3) is 0 Å². The largest absolute Gasteiger partial charge is 0.497 e. The summed E-state index contributed by atoms with van der Waals surface area (Å²) >= 11 is 1.45. The van der Waals surface area contributed by atoms with E-state index in [1.807, 2.05) is 71.8 Å². The number of amides is 1. The normalized spacial score (nSPS) is 16.6. The third-order valence-electron chi connectivity index (χ3n) is 6.19. The number of hydrogen-bond donors (Lipinski definition) is 0. The Hall–Kier alpha value is -3.56. The predicted octanol–water partition coefficient (Wildman–Crippen LogP) is 4.51. The highest BCUT2D eigenvalue weighted by Gasteiger charge is 2.41. The van der Waals surface area contributed by atoms with Crippen LogP contribution in [0.1, 0.15) is 30.5 Å². The van der Waals surface area contributed by atoms with E-state index in [0.717, 1.165) is 22.0 Å². The van der Waals surface area contributed by atoms with Gasteiger partial charge in [-0.1, -0.05) is 54.2 Å². The number of carbonyl (C=O) groups is 2. The molecule has 0 fully saturated rings. The van der Waals surface area contributed by atoms with Crippen molar-refractivity contribution in [1.82, 2.24) is 9.80 Å². The highest BCUT2D eigenvalue weighted by molar-refractivity contribution is 8.16. The van der Waals surface area contributed by atoms with Crippen molar-refractivity contribution in [3.05, 3.63) is 88.1 Å². The van der Waals surface area contributed by atoms with Crippen LogP contribution in [-0.2, 0) is 25.6 Å². The van der Waals surface area contributed by atoms with Crippen LogP contribution in [0.2, 0.25) is 0 Å². The molecule has 9 heteroatoms. The first-order chi connectivity index (χ1) is 17.9. The van der Waals surface area contributed by atoms with Gasteiger partial charge in [0.15, 0.2) is 5.17 Å². The molecule has 4 rings (SSSR count). The maximum atomic E-state index is 13.3. The first-order valence-corrected chi connectivity index (χ1v) is 12.8. The van der Waals surface area contributed by atoms with Crippen molar-refractivity contribution in [3.8, 4) is 5.75 Å². The summed E-state index contributed by atoms with van der Waals surface area (Å²) in [7, 11) is 4.96. The monoisotopic (exact) mass is 521 g/mol. The lowest BCUT2D eigenvalue weighted by Gasteiger charge is -2.36. The summed E-state index contributed by atoms with van der Waals surface area (Å²) in [5.41, 5.74) is 3.73. The van der Waals surface area contributed by atoms with Crippen molar-refractivity contribution in [3.63, 3.8) is 0 Å².